The molecule has 0 spiro atoms. The number of likely N-dealkylation sites (tertiary alicyclic amines) is 1. The molecule has 0 bridgehead atoms. The summed E-state index contributed by atoms with van der Waals surface area (Å²) >= 11 is 0. The summed E-state index contributed by atoms with van der Waals surface area (Å²) < 4.78 is 10.7. The van der Waals surface area contributed by atoms with Crippen LogP contribution in [0, 0.1) is 0 Å². The van der Waals surface area contributed by atoms with Crippen molar-refractivity contribution in [2.45, 2.75) is 44.7 Å². The van der Waals surface area contributed by atoms with Crippen LogP contribution in [0.3, 0.4) is 0 Å². The maximum atomic E-state index is 13.0. The third kappa shape index (κ3) is 2.89. The Bertz CT molecular complexity index is 811. The van der Waals surface area contributed by atoms with Crippen molar-refractivity contribution >= 4 is 17.8 Å². The van der Waals surface area contributed by atoms with E-state index in [1.54, 1.807) is 30.0 Å². The minimum Gasteiger partial charge on any atom is -0.454 e. The highest BCUT2D eigenvalue weighted by Crippen LogP contribution is 2.37. The number of hydrogen-bond acceptors (Lipinski definition) is 5. The number of ether oxygens (including phenoxy) is 2. The number of carbonyl (C=O) groups excluding carboxylic acids is 3. The molecular formula is C19H23N3O5. The molecule has 1 aromatic carbocycles. The second-order valence-electron chi connectivity index (χ2n) is 7.45. The molecule has 2 fully saturated rings. The van der Waals surface area contributed by atoms with Crippen molar-refractivity contribution in [3.8, 4) is 11.5 Å². The Hall–Kier alpha value is -2.77. The number of piperidine rings is 1. The smallest absolute Gasteiger partial charge is 0.325 e. The van der Waals surface area contributed by atoms with Crippen molar-refractivity contribution in [2.24, 2.45) is 0 Å². The van der Waals surface area contributed by atoms with E-state index in [-0.39, 0.29) is 25.3 Å². The Balaban J connectivity index is 1.54. The highest BCUT2D eigenvalue weighted by molar-refractivity contribution is 6.09. The second kappa shape index (κ2) is 6.44. The van der Waals surface area contributed by atoms with Gasteiger partial charge in [0.1, 0.15) is 12.1 Å². The molecule has 8 nitrogen and oxygen atoms in total. The topological polar surface area (TPSA) is 88.2 Å². The summed E-state index contributed by atoms with van der Waals surface area (Å²) in [6.07, 6.45) is 2.99. The molecule has 0 aliphatic carbocycles. The standard InChI is InChI=1S/C19H23N3O5/c1-12-5-3-4-8-21(12)16(23)10-22-17(24)19(2,20-18(22)25)13-6-7-14-15(9-13)27-11-26-14/h6-7,9,12H,3-5,8,10-11H2,1-2H3,(H,20,25)/t12-,19-/m1/s1. The second-order valence-corrected chi connectivity index (χ2v) is 7.45. The summed E-state index contributed by atoms with van der Waals surface area (Å²) in [6.45, 7) is 4.20. The molecule has 4 amide bonds. The van der Waals surface area contributed by atoms with Crippen LogP contribution in [0.5, 0.6) is 11.5 Å². The molecule has 1 aromatic rings. The maximum absolute atomic E-state index is 13.0. The van der Waals surface area contributed by atoms with Crippen molar-refractivity contribution in [1.82, 2.24) is 15.1 Å². The summed E-state index contributed by atoms with van der Waals surface area (Å²) in [5, 5.41) is 2.73. The molecule has 0 radical (unpaired) electrons. The number of hydrogen-bond donors (Lipinski definition) is 1. The largest absolute Gasteiger partial charge is 0.454 e. The molecule has 2 saturated heterocycles. The van der Waals surface area contributed by atoms with Gasteiger partial charge in [-0.25, -0.2) is 4.79 Å². The molecule has 1 N–H and O–H groups in total. The van der Waals surface area contributed by atoms with Crippen LogP contribution in [-0.2, 0) is 15.1 Å². The molecule has 144 valence electrons. The molecular weight excluding hydrogens is 350 g/mol. The van der Waals surface area contributed by atoms with Gasteiger partial charge in [-0.05, 0) is 50.8 Å². The first kappa shape index (κ1) is 17.6. The fourth-order valence-electron chi connectivity index (χ4n) is 3.94. The van der Waals surface area contributed by atoms with E-state index in [2.05, 4.69) is 5.32 Å². The predicted molar refractivity (Wildman–Crippen MR) is 95.2 cm³/mol. The number of nitrogens with zero attached hydrogens (tertiary/aromatic N) is 2. The van der Waals surface area contributed by atoms with Crippen molar-refractivity contribution in [2.75, 3.05) is 19.9 Å². The lowest BCUT2D eigenvalue weighted by Gasteiger charge is -2.34. The van der Waals surface area contributed by atoms with Crippen LogP contribution in [0.1, 0.15) is 38.7 Å². The molecule has 4 rings (SSSR count). The van der Waals surface area contributed by atoms with Crippen molar-refractivity contribution in [3.63, 3.8) is 0 Å². The van der Waals surface area contributed by atoms with Gasteiger partial charge in [0.15, 0.2) is 11.5 Å². The monoisotopic (exact) mass is 373 g/mol. The molecule has 3 heterocycles. The lowest BCUT2D eigenvalue weighted by molar-refractivity contribution is -0.140. The number of carbonyl (C=O) groups is 3. The first-order chi connectivity index (χ1) is 12.9. The van der Waals surface area contributed by atoms with Gasteiger partial charge in [0, 0.05) is 12.6 Å². The summed E-state index contributed by atoms with van der Waals surface area (Å²) in [4.78, 5) is 41.0. The van der Waals surface area contributed by atoms with Gasteiger partial charge in [-0.2, -0.15) is 0 Å². The number of imide groups is 1. The van der Waals surface area contributed by atoms with Gasteiger partial charge in [-0.1, -0.05) is 6.07 Å². The number of nitrogens with one attached hydrogen (secondary N) is 1. The minimum atomic E-state index is -1.24. The average molecular weight is 373 g/mol. The number of urea groups is 1. The van der Waals surface area contributed by atoms with E-state index in [1.165, 1.54) is 0 Å². The molecule has 0 unspecified atom stereocenters. The van der Waals surface area contributed by atoms with Gasteiger partial charge >= 0.3 is 6.03 Å². The van der Waals surface area contributed by atoms with Gasteiger partial charge in [-0.3, -0.25) is 14.5 Å². The normalized spacial score (nSPS) is 27.1. The van der Waals surface area contributed by atoms with Gasteiger partial charge in [0.05, 0.1) is 0 Å². The predicted octanol–water partition coefficient (Wildman–Crippen LogP) is 1.58. The molecule has 2 atom stereocenters. The van der Waals surface area contributed by atoms with Crippen LogP contribution in [0.4, 0.5) is 4.79 Å². The zero-order valence-corrected chi connectivity index (χ0v) is 15.5. The zero-order valence-electron chi connectivity index (χ0n) is 15.5. The van der Waals surface area contributed by atoms with Crippen molar-refractivity contribution < 1.29 is 23.9 Å². The lowest BCUT2D eigenvalue weighted by atomic mass is 9.91. The quantitative estimate of drug-likeness (QED) is 0.813. The maximum Gasteiger partial charge on any atom is 0.325 e. The van der Waals surface area contributed by atoms with Gasteiger partial charge in [-0.15, -0.1) is 0 Å². The fraction of sp³-hybridized carbons (Fsp3) is 0.526. The number of amides is 4. The van der Waals surface area contributed by atoms with Crippen LogP contribution in [0.2, 0.25) is 0 Å². The van der Waals surface area contributed by atoms with E-state index in [1.807, 2.05) is 6.92 Å². The summed E-state index contributed by atoms with van der Waals surface area (Å²) in [7, 11) is 0. The van der Waals surface area contributed by atoms with E-state index in [4.69, 9.17) is 9.47 Å². The average Bonchev–Trinajstić information content (AvgIpc) is 3.20. The Labute approximate surface area is 157 Å². The Kier molecular flexibility index (Phi) is 4.20. The van der Waals surface area contributed by atoms with Crippen LogP contribution in [0.25, 0.3) is 0 Å². The highest BCUT2D eigenvalue weighted by Gasteiger charge is 2.50. The third-order valence-electron chi connectivity index (χ3n) is 5.64. The number of fused-ring (bicyclic) bond motifs is 1. The van der Waals surface area contributed by atoms with E-state index in [0.29, 0.717) is 23.6 Å². The Morgan fingerprint density at radius 2 is 2.04 bits per heavy atom. The molecule has 8 heteroatoms. The van der Waals surface area contributed by atoms with Crippen LogP contribution < -0.4 is 14.8 Å². The van der Waals surface area contributed by atoms with Gasteiger partial charge < -0.3 is 19.7 Å². The van der Waals surface area contributed by atoms with E-state index in [9.17, 15) is 14.4 Å². The van der Waals surface area contributed by atoms with Crippen molar-refractivity contribution in [1.29, 1.82) is 0 Å². The molecule has 3 aliphatic heterocycles. The van der Waals surface area contributed by atoms with E-state index in [0.717, 1.165) is 24.2 Å². The van der Waals surface area contributed by atoms with E-state index < -0.39 is 17.5 Å². The first-order valence-electron chi connectivity index (χ1n) is 9.24. The van der Waals surface area contributed by atoms with Gasteiger partial charge in [0.25, 0.3) is 5.91 Å². The summed E-state index contributed by atoms with van der Waals surface area (Å²) in [6, 6.07) is 4.71. The lowest BCUT2D eigenvalue weighted by Crippen LogP contribution is -2.48. The van der Waals surface area contributed by atoms with Crippen LogP contribution >= 0.6 is 0 Å². The Morgan fingerprint density at radius 3 is 2.81 bits per heavy atom. The van der Waals surface area contributed by atoms with Crippen LogP contribution in [-0.4, -0.2) is 53.6 Å². The van der Waals surface area contributed by atoms with E-state index >= 15 is 0 Å². The Morgan fingerprint density at radius 1 is 1.26 bits per heavy atom. The summed E-state index contributed by atoms with van der Waals surface area (Å²) in [5.74, 6) is 0.502. The summed E-state index contributed by atoms with van der Waals surface area (Å²) in [5.41, 5.74) is -0.655. The number of rotatable bonds is 3. The molecule has 0 saturated carbocycles. The van der Waals surface area contributed by atoms with Crippen LogP contribution in [0.15, 0.2) is 18.2 Å². The SMILES string of the molecule is C[C@@H]1CCCCN1C(=O)CN1C(=O)N[C@](C)(c2ccc3c(c2)OCO3)C1=O. The third-order valence-corrected chi connectivity index (χ3v) is 5.64. The number of benzene rings is 1. The van der Waals surface area contributed by atoms with Crippen molar-refractivity contribution in [3.05, 3.63) is 23.8 Å². The zero-order chi connectivity index (χ0) is 19.2. The molecule has 3 aliphatic rings. The van der Waals surface area contributed by atoms with Gasteiger partial charge in [0.2, 0.25) is 12.7 Å². The highest BCUT2D eigenvalue weighted by atomic mass is 16.7. The molecule has 27 heavy (non-hydrogen) atoms. The molecule has 0 aromatic heterocycles. The fourth-order valence-corrected chi connectivity index (χ4v) is 3.94. The first-order valence-corrected chi connectivity index (χ1v) is 9.24. The minimum absolute atomic E-state index is 0.129.